The van der Waals surface area contributed by atoms with Gasteiger partial charge in [0, 0.05) is 13.0 Å². The second kappa shape index (κ2) is 4.74. The normalized spacial score (nSPS) is 9.25. The highest BCUT2D eigenvalue weighted by Crippen LogP contribution is 1.74. The number of nitrogens with one attached hydrogen (secondary N) is 1. The van der Waals surface area contributed by atoms with E-state index in [1.54, 1.807) is 0 Å². The Morgan fingerprint density at radius 3 is 2.75 bits per heavy atom. The molecule has 0 aromatic heterocycles. The lowest BCUT2D eigenvalue weighted by Crippen LogP contribution is -2.19. The van der Waals surface area contributed by atoms with E-state index < -0.39 is 0 Å². The lowest BCUT2D eigenvalue weighted by molar-refractivity contribution is -0.117. The van der Waals surface area contributed by atoms with Gasteiger partial charge < -0.3 is 11.1 Å². The smallest absolute Gasteiger partial charge is 0.147 e. The maximum absolute atomic E-state index is 10.4. The molecule has 0 aliphatic rings. The van der Waals surface area contributed by atoms with Crippen LogP contribution in [0.2, 0.25) is 0 Å². The van der Waals surface area contributed by atoms with Crippen molar-refractivity contribution in [3.63, 3.8) is 0 Å². The van der Waals surface area contributed by atoms with Crippen LogP contribution in [0.25, 0.3) is 0 Å². The van der Waals surface area contributed by atoms with Crippen LogP contribution in [0.15, 0.2) is 0 Å². The molecule has 0 saturated carbocycles. The Labute approximate surface area is 49.3 Å². The molecule has 0 aliphatic heterocycles. The molecule has 0 fully saturated rings. The molecule has 0 spiro atoms. The lowest BCUT2D eigenvalue weighted by atomic mass is 10.3. The lowest BCUT2D eigenvalue weighted by Gasteiger charge is -1.93. The molecule has 0 radical (unpaired) electrons. The zero-order valence-electron chi connectivity index (χ0n) is 5.11. The standard InChI is InChI=1S/C5H12N2O/c1-7-3-2-5(8)4-6/h7H,2-4,6H2,1H3. The zero-order valence-corrected chi connectivity index (χ0v) is 5.11. The van der Waals surface area contributed by atoms with Crippen molar-refractivity contribution in [3.05, 3.63) is 0 Å². The van der Waals surface area contributed by atoms with Crippen LogP contribution in [0.4, 0.5) is 0 Å². The van der Waals surface area contributed by atoms with Gasteiger partial charge in [-0.25, -0.2) is 0 Å². The number of hydrogen-bond donors (Lipinski definition) is 2. The maximum Gasteiger partial charge on any atom is 0.147 e. The summed E-state index contributed by atoms with van der Waals surface area (Å²) in [6.45, 7) is 0.901. The van der Waals surface area contributed by atoms with E-state index in [9.17, 15) is 4.79 Å². The molecule has 0 aromatic carbocycles. The van der Waals surface area contributed by atoms with Gasteiger partial charge in [0.2, 0.25) is 0 Å². The van der Waals surface area contributed by atoms with Gasteiger partial charge in [-0.1, -0.05) is 0 Å². The predicted octanol–water partition coefficient (Wildman–Crippen LogP) is -0.876. The third-order valence-electron chi connectivity index (χ3n) is 0.882. The van der Waals surface area contributed by atoms with Crippen LogP contribution in [0.3, 0.4) is 0 Å². The van der Waals surface area contributed by atoms with E-state index in [4.69, 9.17) is 5.73 Å². The van der Waals surface area contributed by atoms with Crippen molar-refractivity contribution in [2.75, 3.05) is 20.1 Å². The topological polar surface area (TPSA) is 55.1 Å². The number of rotatable bonds is 4. The molecule has 0 atom stereocenters. The summed E-state index contributed by atoms with van der Waals surface area (Å²) < 4.78 is 0. The molecule has 3 N–H and O–H groups in total. The molecular formula is C5H12N2O. The van der Waals surface area contributed by atoms with Crippen molar-refractivity contribution in [2.24, 2.45) is 5.73 Å². The Balaban J connectivity index is 2.99. The van der Waals surface area contributed by atoms with E-state index in [1.165, 1.54) is 0 Å². The monoisotopic (exact) mass is 116 g/mol. The molecule has 0 aliphatic carbocycles. The molecule has 48 valence electrons. The summed E-state index contributed by atoms with van der Waals surface area (Å²) in [5.41, 5.74) is 5.04. The average Bonchev–Trinajstić information content (AvgIpc) is 1.83. The number of ketones is 1. The first kappa shape index (κ1) is 7.59. The average molecular weight is 116 g/mol. The van der Waals surface area contributed by atoms with E-state index in [-0.39, 0.29) is 12.3 Å². The fourth-order valence-corrected chi connectivity index (χ4v) is 0.366. The van der Waals surface area contributed by atoms with Gasteiger partial charge in [0.1, 0.15) is 5.78 Å². The number of Topliss-reactive ketones (excluding diaryl/α,β-unsaturated/α-hetero) is 1. The highest BCUT2D eigenvalue weighted by molar-refractivity contribution is 5.80. The third-order valence-corrected chi connectivity index (χ3v) is 0.882. The highest BCUT2D eigenvalue weighted by atomic mass is 16.1. The first-order valence-corrected chi connectivity index (χ1v) is 2.67. The molecule has 0 bridgehead atoms. The minimum atomic E-state index is 0.111. The summed E-state index contributed by atoms with van der Waals surface area (Å²) in [5.74, 6) is 0.111. The quantitative estimate of drug-likeness (QED) is 0.501. The van der Waals surface area contributed by atoms with E-state index in [0.29, 0.717) is 6.42 Å². The minimum absolute atomic E-state index is 0.111. The minimum Gasteiger partial charge on any atom is -0.324 e. The molecule has 0 amide bonds. The van der Waals surface area contributed by atoms with Gasteiger partial charge in [-0.3, -0.25) is 4.79 Å². The maximum atomic E-state index is 10.4. The molecule has 0 unspecified atom stereocenters. The van der Waals surface area contributed by atoms with Crippen molar-refractivity contribution < 1.29 is 4.79 Å². The van der Waals surface area contributed by atoms with Crippen molar-refractivity contribution in [1.82, 2.24) is 5.32 Å². The van der Waals surface area contributed by atoms with Crippen LogP contribution in [-0.4, -0.2) is 25.9 Å². The first-order valence-electron chi connectivity index (χ1n) is 2.67. The van der Waals surface area contributed by atoms with Gasteiger partial charge >= 0.3 is 0 Å². The van der Waals surface area contributed by atoms with Crippen molar-refractivity contribution in [1.29, 1.82) is 0 Å². The van der Waals surface area contributed by atoms with E-state index >= 15 is 0 Å². The second-order valence-electron chi connectivity index (χ2n) is 1.60. The van der Waals surface area contributed by atoms with Gasteiger partial charge in [0.15, 0.2) is 0 Å². The molecule has 3 nitrogen and oxygen atoms in total. The Morgan fingerprint density at radius 2 is 2.38 bits per heavy atom. The van der Waals surface area contributed by atoms with Crippen LogP contribution < -0.4 is 11.1 Å². The second-order valence-corrected chi connectivity index (χ2v) is 1.60. The largest absolute Gasteiger partial charge is 0.324 e. The summed E-state index contributed by atoms with van der Waals surface area (Å²) >= 11 is 0. The molecule has 3 heteroatoms. The molecule has 0 rings (SSSR count). The third kappa shape index (κ3) is 3.77. The number of carbonyl (C=O) groups is 1. The Morgan fingerprint density at radius 1 is 1.75 bits per heavy atom. The summed E-state index contributed by atoms with van der Waals surface area (Å²) in [7, 11) is 1.81. The van der Waals surface area contributed by atoms with Gasteiger partial charge in [0.25, 0.3) is 0 Å². The van der Waals surface area contributed by atoms with Gasteiger partial charge in [-0.2, -0.15) is 0 Å². The fourth-order valence-electron chi connectivity index (χ4n) is 0.366. The molecule has 8 heavy (non-hydrogen) atoms. The first-order chi connectivity index (χ1) is 3.81. The SMILES string of the molecule is CNCCC(=O)CN. The molecule has 0 heterocycles. The van der Waals surface area contributed by atoms with Crippen molar-refractivity contribution in [3.8, 4) is 0 Å². The number of nitrogens with two attached hydrogens (primary N) is 1. The predicted molar refractivity (Wildman–Crippen MR) is 32.6 cm³/mol. The highest BCUT2D eigenvalue weighted by Gasteiger charge is 1.93. The molecular weight excluding hydrogens is 104 g/mol. The van der Waals surface area contributed by atoms with Gasteiger partial charge in [-0.05, 0) is 7.05 Å². The number of carbonyl (C=O) groups excluding carboxylic acids is 1. The van der Waals surface area contributed by atoms with E-state index in [1.807, 2.05) is 7.05 Å². The Kier molecular flexibility index (Phi) is 4.50. The summed E-state index contributed by atoms with van der Waals surface area (Å²) in [6, 6.07) is 0. The number of hydrogen-bond acceptors (Lipinski definition) is 3. The van der Waals surface area contributed by atoms with Crippen LogP contribution in [0, 0.1) is 0 Å². The summed E-state index contributed by atoms with van der Waals surface area (Å²) in [5, 5.41) is 2.86. The summed E-state index contributed by atoms with van der Waals surface area (Å²) in [6.07, 6.45) is 0.549. The molecule has 0 aromatic rings. The summed E-state index contributed by atoms with van der Waals surface area (Å²) in [4.78, 5) is 10.4. The van der Waals surface area contributed by atoms with Crippen molar-refractivity contribution >= 4 is 5.78 Å². The zero-order chi connectivity index (χ0) is 6.41. The van der Waals surface area contributed by atoms with Crippen LogP contribution in [0.5, 0.6) is 0 Å². The van der Waals surface area contributed by atoms with Crippen LogP contribution in [-0.2, 0) is 4.79 Å². The van der Waals surface area contributed by atoms with Gasteiger partial charge in [-0.15, -0.1) is 0 Å². The van der Waals surface area contributed by atoms with E-state index in [0.717, 1.165) is 6.54 Å². The van der Waals surface area contributed by atoms with E-state index in [2.05, 4.69) is 5.32 Å². The molecule has 0 saturated heterocycles. The van der Waals surface area contributed by atoms with Crippen LogP contribution in [0.1, 0.15) is 6.42 Å². The van der Waals surface area contributed by atoms with Crippen molar-refractivity contribution in [2.45, 2.75) is 6.42 Å². The van der Waals surface area contributed by atoms with Gasteiger partial charge in [0.05, 0.1) is 6.54 Å². The fraction of sp³-hybridized carbons (Fsp3) is 0.800. The Bertz CT molecular complexity index is 72.8. The van der Waals surface area contributed by atoms with Crippen LogP contribution >= 0.6 is 0 Å². The Hall–Kier alpha value is -0.410.